The molecule has 6 nitrogen and oxygen atoms in total. The van der Waals surface area contributed by atoms with E-state index in [0.29, 0.717) is 38.3 Å². The van der Waals surface area contributed by atoms with Gasteiger partial charge in [-0.05, 0) is 37.1 Å². The molecular weight excluding hydrogens is 342 g/mol. The number of amides is 2. The normalized spacial score (nSPS) is 14.7. The molecule has 1 aromatic heterocycles. The van der Waals surface area contributed by atoms with Gasteiger partial charge in [0.2, 0.25) is 5.91 Å². The van der Waals surface area contributed by atoms with Crippen LogP contribution in [0.1, 0.15) is 17.5 Å². The number of carbonyl (C=O) groups excluding carboxylic acids is 2. The second-order valence-electron chi connectivity index (χ2n) is 7.08. The van der Waals surface area contributed by atoms with E-state index in [9.17, 15) is 9.59 Å². The zero-order valence-corrected chi connectivity index (χ0v) is 16.1. The molecule has 1 aromatic carbocycles. The molecule has 1 fully saturated rings. The quantitative estimate of drug-likeness (QED) is 0.810. The molecule has 2 amide bonds. The Kier molecular flexibility index (Phi) is 6.16. The van der Waals surface area contributed by atoms with E-state index in [-0.39, 0.29) is 18.4 Å². The summed E-state index contributed by atoms with van der Waals surface area (Å²) in [7, 11) is 1.95. The minimum Gasteiger partial charge on any atom is -0.484 e. The van der Waals surface area contributed by atoms with Crippen LogP contribution in [0.4, 0.5) is 0 Å². The van der Waals surface area contributed by atoms with Crippen LogP contribution in [0.15, 0.2) is 42.7 Å². The van der Waals surface area contributed by atoms with Crippen LogP contribution in [-0.4, -0.2) is 59.0 Å². The second kappa shape index (κ2) is 8.75. The molecular formula is C21H27N3O3. The van der Waals surface area contributed by atoms with Gasteiger partial charge in [0.1, 0.15) is 5.75 Å². The molecule has 0 spiro atoms. The van der Waals surface area contributed by atoms with Crippen molar-refractivity contribution < 1.29 is 14.3 Å². The lowest BCUT2D eigenvalue weighted by Crippen LogP contribution is -2.39. The van der Waals surface area contributed by atoms with Crippen molar-refractivity contribution in [3.63, 3.8) is 0 Å². The fourth-order valence-corrected chi connectivity index (χ4v) is 3.24. The first-order valence-electron chi connectivity index (χ1n) is 9.37. The van der Waals surface area contributed by atoms with E-state index in [2.05, 4.69) is 0 Å². The summed E-state index contributed by atoms with van der Waals surface area (Å²) in [5, 5.41) is 0. The third-order valence-electron chi connectivity index (χ3n) is 4.83. The molecule has 1 saturated heterocycles. The molecule has 3 rings (SSSR count). The van der Waals surface area contributed by atoms with Crippen molar-refractivity contribution in [2.45, 2.75) is 19.8 Å². The molecule has 144 valence electrons. The summed E-state index contributed by atoms with van der Waals surface area (Å²) in [6.07, 6.45) is 5.11. The Bertz CT molecular complexity index is 782. The summed E-state index contributed by atoms with van der Waals surface area (Å²) in [6.45, 7) is 4.51. The highest BCUT2D eigenvalue weighted by molar-refractivity contribution is 5.80. The molecule has 0 N–H and O–H groups in total. The smallest absolute Gasteiger partial charge is 0.260 e. The molecule has 0 unspecified atom stereocenters. The van der Waals surface area contributed by atoms with Crippen LogP contribution in [0.5, 0.6) is 5.75 Å². The Morgan fingerprint density at radius 1 is 0.963 bits per heavy atom. The summed E-state index contributed by atoms with van der Waals surface area (Å²) >= 11 is 0. The monoisotopic (exact) mass is 369 g/mol. The van der Waals surface area contributed by atoms with Gasteiger partial charge in [-0.1, -0.05) is 17.7 Å². The number of aromatic nitrogens is 1. The van der Waals surface area contributed by atoms with Gasteiger partial charge < -0.3 is 19.1 Å². The average molecular weight is 369 g/mol. The van der Waals surface area contributed by atoms with E-state index in [1.807, 2.05) is 66.2 Å². The highest BCUT2D eigenvalue weighted by Crippen LogP contribution is 2.12. The largest absolute Gasteiger partial charge is 0.484 e. The maximum Gasteiger partial charge on any atom is 0.260 e. The molecule has 0 saturated carbocycles. The third kappa shape index (κ3) is 5.36. The van der Waals surface area contributed by atoms with Crippen molar-refractivity contribution in [1.82, 2.24) is 14.4 Å². The first-order valence-corrected chi connectivity index (χ1v) is 9.37. The van der Waals surface area contributed by atoms with Crippen LogP contribution in [-0.2, 0) is 23.1 Å². The fourth-order valence-electron chi connectivity index (χ4n) is 3.24. The Morgan fingerprint density at radius 3 is 2.26 bits per heavy atom. The molecule has 0 bridgehead atoms. The van der Waals surface area contributed by atoms with E-state index in [1.54, 1.807) is 4.90 Å². The highest BCUT2D eigenvalue weighted by Gasteiger charge is 2.22. The second-order valence-corrected chi connectivity index (χ2v) is 7.08. The van der Waals surface area contributed by atoms with Gasteiger partial charge in [-0.2, -0.15) is 0 Å². The van der Waals surface area contributed by atoms with Crippen molar-refractivity contribution in [3.05, 3.63) is 53.9 Å². The summed E-state index contributed by atoms with van der Waals surface area (Å²) in [6, 6.07) is 9.63. The lowest BCUT2D eigenvalue weighted by molar-refractivity contribution is -0.134. The zero-order chi connectivity index (χ0) is 19.2. The summed E-state index contributed by atoms with van der Waals surface area (Å²) in [5.74, 6) is 0.780. The van der Waals surface area contributed by atoms with Crippen LogP contribution in [0, 0.1) is 6.92 Å². The predicted molar refractivity (Wildman–Crippen MR) is 104 cm³/mol. The van der Waals surface area contributed by atoms with Crippen molar-refractivity contribution in [3.8, 4) is 5.75 Å². The SMILES string of the molecule is Cc1ccc(OCC(=O)N2CCCN(C(=O)Cc3ccn(C)c3)CC2)cc1. The Balaban J connectivity index is 1.47. The van der Waals surface area contributed by atoms with Gasteiger partial charge in [-0.15, -0.1) is 0 Å². The molecule has 1 aliphatic heterocycles. The van der Waals surface area contributed by atoms with Crippen LogP contribution >= 0.6 is 0 Å². The molecule has 0 aliphatic carbocycles. The van der Waals surface area contributed by atoms with Gasteiger partial charge in [-0.25, -0.2) is 0 Å². The lowest BCUT2D eigenvalue weighted by Gasteiger charge is -2.22. The molecule has 2 aromatic rings. The minimum atomic E-state index is -0.0343. The lowest BCUT2D eigenvalue weighted by atomic mass is 10.2. The Labute approximate surface area is 160 Å². The minimum absolute atomic E-state index is 0.0288. The number of ether oxygens (including phenoxy) is 1. The number of aryl methyl sites for hydroxylation is 2. The molecule has 1 aliphatic rings. The van der Waals surface area contributed by atoms with Gasteiger partial charge >= 0.3 is 0 Å². The van der Waals surface area contributed by atoms with E-state index in [4.69, 9.17) is 4.74 Å². The van der Waals surface area contributed by atoms with E-state index < -0.39 is 0 Å². The summed E-state index contributed by atoms with van der Waals surface area (Å²) in [4.78, 5) is 28.6. The van der Waals surface area contributed by atoms with Crippen LogP contribution in [0.3, 0.4) is 0 Å². The predicted octanol–water partition coefficient (Wildman–Crippen LogP) is 2.02. The molecule has 2 heterocycles. The first-order chi connectivity index (χ1) is 13.0. The van der Waals surface area contributed by atoms with Gasteiger partial charge in [0.05, 0.1) is 6.42 Å². The van der Waals surface area contributed by atoms with Gasteiger partial charge in [-0.3, -0.25) is 9.59 Å². The fraction of sp³-hybridized carbons (Fsp3) is 0.429. The number of nitrogens with zero attached hydrogens (tertiary/aromatic N) is 3. The topological polar surface area (TPSA) is 54.8 Å². The molecule has 0 atom stereocenters. The van der Waals surface area contributed by atoms with Gasteiger partial charge in [0.15, 0.2) is 6.61 Å². The van der Waals surface area contributed by atoms with E-state index in [1.165, 1.54) is 0 Å². The van der Waals surface area contributed by atoms with Crippen LogP contribution in [0.2, 0.25) is 0 Å². The van der Waals surface area contributed by atoms with Gasteiger partial charge in [0, 0.05) is 45.6 Å². The van der Waals surface area contributed by atoms with E-state index >= 15 is 0 Å². The first kappa shape index (κ1) is 19.0. The van der Waals surface area contributed by atoms with E-state index in [0.717, 1.165) is 17.5 Å². The summed E-state index contributed by atoms with van der Waals surface area (Å²) in [5.41, 5.74) is 2.17. The van der Waals surface area contributed by atoms with Crippen LogP contribution < -0.4 is 4.74 Å². The highest BCUT2D eigenvalue weighted by atomic mass is 16.5. The maximum atomic E-state index is 12.5. The van der Waals surface area contributed by atoms with Crippen molar-refractivity contribution in [2.24, 2.45) is 7.05 Å². The van der Waals surface area contributed by atoms with Crippen molar-refractivity contribution >= 4 is 11.8 Å². The zero-order valence-electron chi connectivity index (χ0n) is 16.1. The van der Waals surface area contributed by atoms with Crippen molar-refractivity contribution in [2.75, 3.05) is 32.8 Å². The molecule has 27 heavy (non-hydrogen) atoms. The Morgan fingerprint density at radius 2 is 1.63 bits per heavy atom. The third-order valence-corrected chi connectivity index (χ3v) is 4.83. The molecule has 6 heteroatoms. The van der Waals surface area contributed by atoms with Gasteiger partial charge in [0.25, 0.3) is 5.91 Å². The number of carbonyl (C=O) groups is 2. The number of benzene rings is 1. The van der Waals surface area contributed by atoms with Crippen LogP contribution in [0.25, 0.3) is 0 Å². The maximum absolute atomic E-state index is 12.5. The standard InChI is InChI=1S/C21H27N3O3/c1-17-4-6-19(7-5-17)27-16-21(26)24-10-3-9-23(12-13-24)20(25)14-18-8-11-22(2)15-18/h4-8,11,15H,3,9-10,12-14,16H2,1-2H3. The number of rotatable bonds is 5. The summed E-state index contributed by atoms with van der Waals surface area (Å²) < 4.78 is 7.54. The average Bonchev–Trinajstić information content (AvgIpc) is 2.92. The Hall–Kier alpha value is -2.76. The number of hydrogen-bond acceptors (Lipinski definition) is 3. The molecule has 0 radical (unpaired) electrons. The number of hydrogen-bond donors (Lipinski definition) is 0. The van der Waals surface area contributed by atoms with Crippen molar-refractivity contribution in [1.29, 1.82) is 0 Å².